The third-order valence-corrected chi connectivity index (χ3v) is 2.77. The number of unbranched alkanes of at least 4 members (excludes halogenated alkanes) is 2. The molecule has 0 heterocycles. The van der Waals surface area contributed by atoms with Crippen LogP contribution in [0.1, 0.15) is 39.0 Å². The number of nitrogens with zero attached hydrogens (tertiary/aromatic N) is 1. The van der Waals surface area contributed by atoms with Gasteiger partial charge in [0.05, 0.1) is 0 Å². The van der Waals surface area contributed by atoms with Crippen molar-refractivity contribution < 1.29 is 0 Å². The van der Waals surface area contributed by atoms with Crippen molar-refractivity contribution in [1.82, 2.24) is 10.2 Å². The predicted molar refractivity (Wildman–Crippen MR) is 58.0 cm³/mol. The largest absolute Gasteiger partial charge is 0.315 e. The van der Waals surface area contributed by atoms with Crippen molar-refractivity contribution >= 4 is 0 Å². The highest BCUT2D eigenvalue weighted by Crippen LogP contribution is 2.24. The molecule has 1 N–H and O–H groups in total. The van der Waals surface area contributed by atoms with Crippen LogP contribution in [-0.4, -0.2) is 37.6 Å². The van der Waals surface area contributed by atoms with Gasteiger partial charge in [-0.15, -0.1) is 0 Å². The van der Waals surface area contributed by atoms with E-state index in [0.717, 1.165) is 12.6 Å². The van der Waals surface area contributed by atoms with E-state index in [-0.39, 0.29) is 0 Å². The first-order chi connectivity index (χ1) is 6.34. The van der Waals surface area contributed by atoms with Gasteiger partial charge in [-0.25, -0.2) is 0 Å². The molecule has 0 bridgehead atoms. The van der Waals surface area contributed by atoms with Crippen LogP contribution in [0.5, 0.6) is 0 Å². The van der Waals surface area contributed by atoms with E-state index in [4.69, 9.17) is 0 Å². The predicted octanol–water partition coefficient (Wildman–Crippen LogP) is 1.86. The summed E-state index contributed by atoms with van der Waals surface area (Å²) < 4.78 is 0. The first-order valence-electron chi connectivity index (χ1n) is 5.75. The number of rotatable bonds is 8. The molecule has 0 radical (unpaired) electrons. The zero-order valence-corrected chi connectivity index (χ0v) is 9.18. The lowest BCUT2D eigenvalue weighted by Crippen LogP contribution is -2.31. The molecule has 2 heteroatoms. The van der Waals surface area contributed by atoms with Crippen LogP contribution in [0.3, 0.4) is 0 Å². The maximum Gasteiger partial charge on any atom is 0.0107 e. The monoisotopic (exact) mass is 184 g/mol. The molecular weight excluding hydrogens is 160 g/mol. The minimum absolute atomic E-state index is 0.914. The number of likely N-dealkylation sites (N-methyl/N-ethyl adjacent to an activating group) is 1. The molecule has 0 amide bonds. The molecule has 0 aromatic heterocycles. The van der Waals surface area contributed by atoms with E-state index in [1.165, 1.54) is 45.2 Å². The Hall–Kier alpha value is -0.0800. The SMILES string of the molecule is CCCCCNCCN(C)C1CC1. The molecular formula is C11H24N2. The zero-order valence-electron chi connectivity index (χ0n) is 9.18. The van der Waals surface area contributed by atoms with Crippen LogP contribution in [0.2, 0.25) is 0 Å². The van der Waals surface area contributed by atoms with E-state index in [9.17, 15) is 0 Å². The van der Waals surface area contributed by atoms with Gasteiger partial charge in [0.2, 0.25) is 0 Å². The molecule has 1 fully saturated rings. The molecule has 78 valence electrons. The van der Waals surface area contributed by atoms with Crippen molar-refractivity contribution in [3.63, 3.8) is 0 Å². The van der Waals surface area contributed by atoms with E-state index in [1.807, 2.05) is 0 Å². The van der Waals surface area contributed by atoms with Gasteiger partial charge in [0.15, 0.2) is 0 Å². The Labute approximate surface area is 82.7 Å². The fourth-order valence-electron chi connectivity index (χ4n) is 1.58. The Bertz CT molecular complexity index is 121. The maximum absolute atomic E-state index is 3.49. The van der Waals surface area contributed by atoms with E-state index >= 15 is 0 Å². The van der Waals surface area contributed by atoms with Gasteiger partial charge in [-0.3, -0.25) is 0 Å². The van der Waals surface area contributed by atoms with Crippen LogP contribution in [-0.2, 0) is 0 Å². The molecule has 0 atom stereocenters. The van der Waals surface area contributed by atoms with Gasteiger partial charge < -0.3 is 10.2 Å². The van der Waals surface area contributed by atoms with Crippen molar-refractivity contribution in [3.8, 4) is 0 Å². The fourth-order valence-corrected chi connectivity index (χ4v) is 1.58. The molecule has 1 rings (SSSR count). The van der Waals surface area contributed by atoms with Gasteiger partial charge in [0, 0.05) is 19.1 Å². The summed E-state index contributed by atoms with van der Waals surface area (Å²) in [5.41, 5.74) is 0. The smallest absolute Gasteiger partial charge is 0.0107 e. The highest BCUT2D eigenvalue weighted by Gasteiger charge is 2.25. The fraction of sp³-hybridized carbons (Fsp3) is 1.00. The minimum atomic E-state index is 0.914. The summed E-state index contributed by atoms with van der Waals surface area (Å²) in [6, 6.07) is 0.914. The minimum Gasteiger partial charge on any atom is -0.315 e. The molecule has 1 aliphatic carbocycles. The molecule has 0 aliphatic heterocycles. The van der Waals surface area contributed by atoms with Gasteiger partial charge in [-0.2, -0.15) is 0 Å². The quantitative estimate of drug-likeness (QED) is 0.579. The number of hydrogen-bond acceptors (Lipinski definition) is 2. The molecule has 0 spiro atoms. The van der Waals surface area contributed by atoms with Gasteiger partial charge in [-0.1, -0.05) is 19.8 Å². The third-order valence-electron chi connectivity index (χ3n) is 2.77. The van der Waals surface area contributed by atoms with Gasteiger partial charge in [0.1, 0.15) is 0 Å². The first-order valence-corrected chi connectivity index (χ1v) is 5.75. The average Bonchev–Trinajstić information content (AvgIpc) is 2.93. The molecule has 1 saturated carbocycles. The second kappa shape index (κ2) is 6.39. The second-order valence-corrected chi connectivity index (χ2v) is 4.17. The normalized spacial score (nSPS) is 16.8. The summed E-state index contributed by atoms with van der Waals surface area (Å²) in [6.45, 7) is 5.83. The lowest BCUT2D eigenvalue weighted by molar-refractivity contribution is 0.321. The summed E-state index contributed by atoms with van der Waals surface area (Å²) in [6.07, 6.45) is 6.87. The van der Waals surface area contributed by atoms with Crippen LogP contribution in [0, 0.1) is 0 Å². The summed E-state index contributed by atoms with van der Waals surface area (Å²) >= 11 is 0. The first kappa shape index (κ1) is 11.0. The lowest BCUT2D eigenvalue weighted by atomic mass is 10.2. The molecule has 13 heavy (non-hydrogen) atoms. The molecule has 1 aliphatic rings. The van der Waals surface area contributed by atoms with Crippen LogP contribution in [0.15, 0.2) is 0 Å². The Morgan fingerprint density at radius 1 is 1.23 bits per heavy atom. The molecule has 0 aromatic carbocycles. The summed E-state index contributed by atoms with van der Waals surface area (Å²) in [7, 11) is 2.24. The summed E-state index contributed by atoms with van der Waals surface area (Å²) in [5, 5.41) is 3.49. The highest BCUT2D eigenvalue weighted by atomic mass is 15.2. The summed E-state index contributed by atoms with van der Waals surface area (Å²) in [5.74, 6) is 0. The molecule has 0 saturated heterocycles. The van der Waals surface area contributed by atoms with Gasteiger partial charge in [-0.05, 0) is 32.9 Å². The van der Waals surface area contributed by atoms with Crippen LogP contribution >= 0.6 is 0 Å². The van der Waals surface area contributed by atoms with Crippen molar-refractivity contribution in [3.05, 3.63) is 0 Å². The van der Waals surface area contributed by atoms with Crippen molar-refractivity contribution in [2.45, 2.75) is 45.1 Å². The standard InChI is InChI=1S/C11H24N2/c1-3-4-5-8-12-9-10-13(2)11-6-7-11/h11-12H,3-10H2,1-2H3. The Kier molecular flexibility index (Phi) is 5.40. The third kappa shape index (κ3) is 5.27. The highest BCUT2D eigenvalue weighted by molar-refractivity contribution is 4.82. The Morgan fingerprint density at radius 3 is 2.62 bits per heavy atom. The van der Waals surface area contributed by atoms with Crippen molar-refractivity contribution in [2.24, 2.45) is 0 Å². The lowest BCUT2D eigenvalue weighted by Gasteiger charge is -2.15. The maximum atomic E-state index is 3.49. The molecule has 0 aromatic rings. The zero-order chi connectivity index (χ0) is 9.52. The Morgan fingerprint density at radius 2 is 2.00 bits per heavy atom. The topological polar surface area (TPSA) is 15.3 Å². The molecule has 0 unspecified atom stereocenters. The van der Waals surface area contributed by atoms with Crippen LogP contribution < -0.4 is 5.32 Å². The number of nitrogens with one attached hydrogen (secondary N) is 1. The van der Waals surface area contributed by atoms with E-state index in [2.05, 4.69) is 24.2 Å². The van der Waals surface area contributed by atoms with E-state index < -0.39 is 0 Å². The van der Waals surface area contributed by atoms with Crippen LogP contribution in [0.4, 0.5) is 0 Å². The van der Waals surface area contributed by atoms with Crippen molar-refractivity contribution in [2.75, 3.05) is 26.7 Å². The van der Waals surface area contributed by atoms with Crippen LogP contribution in [0.25, 0.3) is 0 Å². The summed E-state index contributed by atoms with van der Waals surface area (Å²) in [4.78, 5) is 2.48. The van der Waals surface area contributed by atoms with Crippen molar-refractivity contribution in [1.29, 1.82) is 0 Å². The second-order valence-electron chi connectivity index (χ2n) is 4.17. The van der Waals surface area contributed by atoms with E-state index in [1.54, 1.807) is 0 Å². The van der Waals surface area contributed by atoms with E-state index in [0.29, 0.717) is 0 Å². The average molecular weight is 184 g/mol. The van der Waals surface area contributed by atoms with Gasteiger partial charge >= 0.3 is 0 Å². The molecule has 2 nitrogen and oxygen atoms in total. The van der Waals surface area contributed by atoms with Gasteiger partial charge in [0.25, 0.3) is 0 Å². The Balaban J connectivity index is 1.77. The number of hydrogen-bond donors (Lipinski definition) is 1.